The second kappa shape index (κ2) is 6.11. The Balaban J connectivity index is 2.56. The molecule has 86 valence electrons. The van der Waals surface area contributed by atoms with Gasteiger partial charge in [-0.25, -0.2) is 0 Å². The van der Waals surface area contributed by atoms with Crippen LogP contribution in [0.25, 0.3) is 0 Å². The van der Waals surface area contributed by atoms with E-state index in [9.17, 15) is 5.11 Å². The van der Waals surface area contributed by atoms with Crippen LogP contribution in [0.3, 0.4) is 0 Å². The number of aliphatic hydroxyl groups is 1. The number of nitrogen functional groups attached to an aromatic ring is 1. The number of nitrogens with zero attached hydrogens (tertiary/aromatic N) is 2. The molecule has 1 aromatic carbocycles. The van der Waals surface area contributed by atoms with Gasteiger partial charge in [0, 0.05) is 30.8 Å². The third kappa shape index (κ3) is 3.54. The molecule has 0 aliphatic carbocycles. The molecule has 4 heteroatoms. The summed E-state index contributed by atoms with van der Waals surface area (Å²) in [6.07, 6.45) is -0.141. The molecule has 16 heavy (non-hydrogen) atoms. The lowest BCUT2D eigenvalue weighted by Gasteiger charge is -2.20. The van der Waals surface area contributed by atoms with Gasteiger partial charge in [-0.05, 0) is 13.1 Å². The Labute approximate surface area is 95.9 Å². The Morgan fingerprint density at radius 1 is 1.50 bits per heavy atom. The van der Waals surface area contributed by atoms with Crippen molar-refractivity contribution in [1.29, 1.82) is 5.26 Å². The standard InChI is InChI=1S/C12H17N3O/c1-15(8-4-7-13)9-12(16)10-5-2-3-6-11(10)14/h2-3,5-6,12,16H,4,8-9,14H2,1H3. The van der Waals surface area contributed by atoms with Crippen molar-refractivity contribution in [1.82, 2.24) is 4.90 Å². The number of rotatable bonds is 5. The summed E-state index contributed by atoms with van der Waals surface area (Å²) in [5, 5.41) is 18.4. The van der Waals surface area contributed by atoms with Gasteiger partial charge in [0.2, 0.25) is 0 Å². The van der Waals surface area contributed by atoms with Crippen molar-refractivity contribution in [2.75, 3.05) is 25.9 Å². The van der Waals surface area contributed by atoms with Crippen LogP contribution < -0.4 is 5.73 Å². The summed E-state index contributed by atoms with van der Waals surface area (Å²) in [5.41, 5.74) is 7.11. The molecule has 0 radical (unpaired) electrons. The number of nitriles is 1. The van der Waals surface area contributed by atoms with Crippen molar-refractivity contribution in [3.63, 3.8) is 0 Å². The molecular weight excluding hydrogens is 202 g/mol. The lowest BCUT2D eigenvalue weighted by Crippen LogP contribution is -2.25. The third-order valence-corrected chi connectivity index (χ3v) is 2.44. The molecular formula is C12H17N3O. The highest BCUT2D eigenvalue weighted by atomic mass is 16.3. The minimum Gasteiger partial charge on any atom is -0.398 e. The summed E-state index contributed by atoms with van der Waals surface area (Å²) in [4.78, 5) is 1.92. The number of hydrogen-bond acceptors (Lipinski definition) is 4. The number of nitrogens with two attached hydrogens (primary N) is 1. The summed E-state index contributed by atoms with van der Waals surface area (Å²) < 4.78 is 0. The van der Waals surface area contributed by atoms with E-state index in [2.05, 4.69) is 6.07 Å². The maximum absolute atomic E-state index is 9.97. The van der Waals surface area contributed by atoms with Crippen LogP contribution in [-0.2, 0) is 0 Å². The molecule has 0 aliphatic heterocycles. The van der Waals surface area contributed by atoms with E-state index in [0.29, 0.717) is 25.2 Å². The minimum absolute atomic E-state index is 0.466. The first-order valence-corrected chi connectivity index (χ1v) is 5.23. The van der Waals surface area contributed by atoms with Crippen molar-refractivity contribution in [3.05, 3.63) is 29.8 Å². The summed E-state index contributed by atoms with van der Waals surface area (Å²) in [6, 6.07) is 9.35. The van der Waals surface area contributed by atoms with E-state index in [1.807, 2.05) is 30.1 Å². The molecule has 3 N–H and O–H groups in total. The molecule has 0 heterocycles. The Hall–Kier alpha value is -1.57. The molecule has 0 amide bonds. The van der Waals surface area contributed by atoms with Gasteiger partial charge in [-0.2, -0.15) is 5.26 Å². The lowest BCUT2D eigenvalue weighted by molar-refractivity contribution is 0.128. The normalized spacial score (nSPS) is 12.4. The van der Waals surface area contributed by atoms with Crippen molar-refractivity contribution in [2.24, 2.45) is 0 Å². The molecule has 1 rings (SSSR count). The van der Waals surface area contributed by atoms with Crippen molar-refractivity contribution in [2.45, 2.75) is 12.5 Å². The quantitative estimate of drug-likeness (QED) is 0.728. The molecule has 0 aromatic heterocycles. The van der Waals surface area contributed by atoms with Gasteiger partial charge >= 0.3 is 0 Å². The second-order valence-corrected chi connectivity index (χ2v) is 3.82. The van der Waals surface area contributed by atoms with Crippen LogP contribution in [0.15, 0.2) is 24.3 Å². The fourth-order valence-corrected chi connectivity index (χ4v) is 1.54. The van der Waals surface area contributed by atoms with Crippen LogP contribution in [0, 0.1) is 11.3 Å². The molecule has 1 atom stereocenters. The zero-order valence-corrected chi connectivity index (χ0v) is 9.43. The number of benzene rings is 1. The zero-order valence-electron chi connectivity index (χ0n) is 9.43. The molecule has 0 spiro atoms. The highest BCUT2D eigenvalue weighted by Crippen LogP contribution is 2.20. The molecule has 0 fully saturated rings. The topological polar surface area (TPSA) is 73.3 Å². The predicted molar refractivity (Wildman–Crippen MR) is 63.5 cm³/mol. The van der Waals surface area contributed by atoms with Crippen LogP contribution in [0.1, 0.15) is 18.1 Å². The van der Waals surface area contributed by atoms with Crippen LogP contribution in [0.5, 0.6) is 0 Å². The summed E-state index contributed by atoms with van der Waals surface area (Å²) >= 11 is 0. The smallest absolute Gasteiger partial charge is 0.0936 e. The van der Waals surface area contributed by atoms with Crippen LogP contribution >= 0.6 is 0 Å². The van der Waals surface area contributed by atoms with E-state index < -0.39 is 6.10 Å². The average Bonchev–Trinajstić information content (AvgIpc) is 2.26. The van der Waals surface area contributed by atoms with Gasteiger partial charge in [0.05, 0.1) is 12.2 Å². The predicted octanol–water partition coefficient (Wildman–Crippen LogP) is 1.15. The molecule has 0 saturated heterocycles. The fraction of sp³-hybridized carbons (Fsp3) is 0.417. The van der Waals surface area contributed by atoms with E-state index in [1.165, 1.54) is 0 Å². The second-order valence-electron chi connectivity index (χ2n) is 3.82. The molecule has 1 aromatic rings. The first kappa shape index (κ1) is 12.5. The fourth-order valence-electron chi connectivity index (χ4n) is 1.54. The molecule has 0 bridgehead atoms. The van der Waals surface area contributed by atoms with Gasteiger partial charge in [-0.1, -0.05) is 18.2 Å². The lowest BCUT2D eigenvalue weighted by atomic mass is 10.1. The summed E-state index contributed by atoms with van der Waals surface area (Å²) in [7, 11) is 1.87. The van der Waals surface area contributed by atoms with Crippen LogP contribution in [0.2, 0.25) is 0 Å². The monoisotopic (exact) mass is 219 g/mol. The first-order chi connectivity index (χ1) is 7.65. The number of likely N-dealkylation sites (N-methyl/N-ethyl adjacent to an activating group) is 1. The van der Waals surface area contributed by atoms with E-state index >= 15 is 0 Å². The number of hydrogen-bond donors (Lipinski definition) is 2. The van der Waals surface area contributed by atoms with Crippen molar-refractivity contribution in [3.8, 4) is 6.07 Å². The van der Waals surface area contributed by atoms with Gasteiger partial charge in [0.25, 0.3) is 0 Å². The number of aliphatic hydroxyl groups excluding tert-OH is 1. The number of anilines is 1. The van der Waals surface area contributed by atoms with E-state index in [-0.39, 0.29) is 0 Å². The van der Waals surface area contributed by atoms with Gasteiger partial charge in [-0.3, -0.25) is 0 Å². The summed E-state index contributed by atoms with van der Waals surface area (Å²) in [5.74, 6) is 0. The van der Waals surface area contributed by atoms with Gasteiger partial charge < -0.3 is 15.7 Å². The highest BCUT2D eigenvalue weighted by Gasteiger charge is 2.12. The van der Waals surface area contributed by atoms with Gasteiger partial charge in [0.1, 0.15) is 0 Å². The zero-order chi connectivity index (χ0) is 12.0. The van der Waals surface area contributed by atoms with Crippen molar-refractivity contribution >= 4 is 5.69 Å². The van der Waals surface area contributed by atoms with Crippen LogP contribution in [0.4, 0.5) is 5.69 Å². The largest absolute Gasteiger partial charge is 0.398 e. The maximum atomic E-state index is 9.97. The maximum Gasteiger partial charge on any atom is 0.0936 e. The molecule has 0 aliphatic rings. The summed E-state index contributed by atoms with van der Waals surface area (Å²) in [6.45, 7) is 1.14. The highest BCUT2D eigenvalue weighted by molar-refractivity contribution is 5.47. The number of para-hydroxylation sites is 1. The average molecular weight is 219 g/mol. The Kier molecular flexibility index (Phi) is 4.77. The van der Waals surface area contributed by atoms with Crippen molar-refractivity contribution < 1.29 is 5.11 Å². The van der Waals surface area contributed by atoms with E-state index in [0.717, 1.165) is 5.56 Å². The molecule has 1 unspecified atom stereocenters. The SMILES string of the molecule is CN(CCC#N)CC(O)c1ccccc1N. The molecule has 0 saturated carbocycles. The van der Waals surface area contributed by atoms with Gasteiger partial charge in [-0.15, -0.1) is 0 Å². The Bertz CT molecular complexity index is 373. The molecule has 4 nitrogen and oxygen atoms in total. The Morgan fingerprint density at radius 2 is 2.19 bits per heavy atom. The third-order valence-electron chi connectivity index (χ3n) is 2.44. The minimum atomic E-state index is -0.607. The Morgan fingerprint density at radius 3 is 2.81 bits per heavy atom. The van der Waals surface area contributed by atoms with Crippen LogP contribution in [-0.4, -0.2) is 30.1 Å². The first-order valence-electron chi connectivity index (χ1n) is 5.23. The van der Waals surface area contributed by atoms with E-state index in [4.69, 9.17) is 11.0 Å². The van der Waals surface area contributed by atoms with E-state index in [1.54, 1.807) is 6.07 Å². The van der Waals surface area contributed by atoms with Gasteiger partial charge in [0.15, 0.2) is 0 Å².